The summed E-state index contributed by atoms with van der Waals surface area (Å²) < 4.78 is 1.78. The smallest absolute Gasteiger partial charge is 0.293 e. The first kappa shape index (κ1) is 18.4. The van der Waals surface area contributed by atoms with E-state index in [1.165, 1.54) is 0 Å². The van der Waals surface area contributed by atoms with E-state index in [-0.39, 0.29) is 11.7 Å². The zero-order valence-corrected chi connectivity index (χ0v) is 16.4. The van der Waals surface area contributed by atoms with Gasteiger partial charge in [-0.25, -0.2) is 9.67 Å². The molecule has 0 N–H and O–H groups in total. The molecule has 0 saturated carbocycles. The van der Waals surface area contributed by atoms with Crippen LogP contribution in [0.4, 0.5) is 0 Å². The fourth-order valence-corrected chi connectivity index (χ4v) is 3.51. The minimum Gasteiger partial charge on any atom is -0.335 e. The Morgan fingerprint density at radius 3 is 2.57 bits per heavy atom. The van der Waals surface area contributed by atoms with Crippen molar-refractivity contribution in [3.8, 4) is 17.1 Å². The standard InChI is InChI=1S/C22H25N5O/c1-17-8-6-11-19(16-17)27-21(18-9-4-3-5-10-18)23-20(24-27)22(28)26-13-7-12-25(2)14-15-26/h3-6,8-11,16H,7,12-15H2,1-2H3. The predicted molar refractivity (Wildman–Crippen MR) is 110 cm³/mol. The molecule has 1 aliphatic rings. The zero-order chi connectivity index (χ0) is 19.5. The van der Waals surface area contributed by atoms with Crippen molar-refractivity contribution in [3.63, 3.8) is 0 Å². The lowest BCUT2D eigenvalue weighted by Gasteiger charge is -2.18. The molecular formula is C22H25N5O. The molecule has 0 bridgehead atoms. The van der Waals surface area contributed by atoms with E-state index in [1.807, 2.05) is 60.4 Å². The lowest BCUT2D eigenvalue weighted by atomic mass is 10.2. The molecule has 1 fully saturated rings. The highest BCUT2D eigenvalue weighted by molar-refractivity contribution is 5.91. The number of amides is 1. The fourth-order valence-electron chi connectivity index (χ4n) is 3.51. The highest BCUT2D eigenvalue weighted by Gasteiger charge is 2.24. The SMILES string of the molecule is Cc1cccc(-n2nc(C(=O)N3CCCN(C)CC3)nc2-c2ccccc2)c1. The summed E-state index contributed by atoms with van der Waals surface area (Å²) in [5, 5.41) is 4.62. The number of hydrogen-bond acceptors (Lipinski definition) is 4. The number of nitrogens with zero attached hydrogens (tertiary/aromatic N) is 5. The van der Waals surface area contributed by atoms with Gasteiger partial charge in [0.05, 0.1) is 5.69 Å². The first-order chi connectivity index (χ1) is 13.6. The molecule has 1 amide bonds. The number of benzene rings is 2. The third-order valence-electron chi connectivity index (χ3n) is 5.08. The molecule has 1 aliphatic heterocycles. The highest BCUT2D eigenvalue weighted by Crippen LogP contribution is 2.22. The van der Waals surface area contributed by atoms with Crippen molar-refractivity contribution in [2.24, 2.45) is 0 Å². The van der Waals surface area contributed by atoms with Gasteiger partial charge in [-0.2, -0.15) is 0 Å². The van der Waals surface area contributed by atoms with Gasteiger partial charge in [0.1, 0.15) is 0 Å². The van der Waals surface area contributed by atoms with Crippen LogP contribution in [-0.2, 0) is 0 Å². The average Bonchev–Trinajstić information content (AvgIpc) is 3.05. The average molecular weight is 375 g/mol. The third kappa shape index (κ3) is 3.82. The van der Waals surface area contributed by atoms with Crippen LogP contribution < -0.4 is 0 Å². The first-order valence-corrected chi connectivity index (χ1v) is 9.69. The minimum atomic E-state index is -0.0983. The van der Waals surface area contributed by atoms with Gasteiger partial charge in [-0.3, -0.25) is 4.79 Å². The van der Waals surface area contributed by atoms with Crippen molar-refractivity contribution < 1.29 is 4.79 Å². The van der Waals surface area contributed by atoms with E-state index < -0.39 is 0 Å². The van der Waals surface area contributed by atoms with E-state index in [2.05, 4.69) is 28.1 Å². The molecule has 2 heterocycles. The molecule has 0 radical (unpaired) electrons. The Morgan fingerprint density at radius 2 is 1.79 bits per heavy atom. The number of rotatable bonds is 3. The Labute approximate surface area is 165 Å². The minimum absolute atomic E-state index is 0.0983. The summed E-state index contributed by atoms with van der Waals surface area (Å²) in [7, 11) is 2.09. The molecule has 4 rings (SSSR count). The zero-order valence-electron chi connectivity index (χ0n) is 16.4. The van der Waals surface area contributed by atoms with Crippen molar-refractivity contribution in [2.45, 2.75) is 13.3 Å². The molecule has 1 aromatic heterocycles. The lowest BCUT2D eigenvalue weighted by Crippen LogP contribution is -2.35. The maximum absolute atomic E-state index is 13.1. The summed E-state index contributed by atoms with van der Waals surface area (Å²) in [6.07, 6.45) is 0.965. The lowest BCUT2D eigenvalue weighted by molar-refractivity contribution is 0.0750. The molecule has 144 valence electrons. The van der Waals surface area contributed by atoms with Crippen molar-refractivity contribution in [3.05, 3.63) is 66.0 Å². The van der Waals surface area contributed by atoms with Gasteiger partial charge < -0.3 is 9.80 Å². The molecule has 28 heavy (non-hydrogen) atoms. The maximum atomic E-state index is 13.1. The molecule has 2 aromatic carbocycles. The van der Waals surface area contributed by atoms with Crippen molar-refractivity contribution >= 4 is 5.91 Å². The van der Waals surface area contributed by atoms with Gasteiger partial charge in [0.15, 0.2) is 5.82 Å². The monoisotopic (exact) mass is 375 g/mol. The molecule has 0 spiro atoms. The van der Waals surface area contributed by atoms with E-state index in [9.17, 15) is 4.79 Å². The van der Waals surface area contributed by atoms with Crippen LogP contribution in [0.2, 0.25) is 0 Å². The van der Waals surface area contributed by atoms with Crippen LogP contribution in [0.3, 0.4) is 0 Å². The van der Waals surface area contributed by atoms with Gasteiger partial charge in [-0.15, -0.1) is 5.10 Å². The van der Waals surface area contributed by atoms with Crippen LogP contribution in [0.1, 0.15) is 22.6 Å². The number of aromatic nitrogens is 3. The van der Waals surface area contributed by atoms with Gasteiger partial charge >= 0.3 is 0 Å². The quantitative estimate of drug-likeness (QED) is 0.706. The largest absolute Gasteiger partial charge is 0.335 e. The molecule has 1 saturated heterocycles. The van der Waals surface area contributed by atoms with Crippen LogP contribution in [0.25, 0.3) is 17.1 Å². The Hall–Kier alpha value is -2.99. The van der Waals surface area contributed by atoms with E-state index in [1.54, 1.807) is 4.68 Å². The molecule has 0 atom stereocenters. The number of hydrogen-bond donors (Lipinski definition) is 0. The Morgan fingerprint density at radius 1 is 0.964 bits per heavy atom. The van der Waals surface area contributed by atoms with Crippen molar-refractivity contribution in [1.29, 1.82) is 0 Å². The number of carbonyl (C=O) groups excluding carboxylic acids is 1. The second-order valence-corrected chi connectivity index (χ2v) is 7.32. The normalized spacial score (nSPS) is 15.4. The fraction of sp³-hybridized carbons (Fsp3) is 0.318. The Kier molecular flexibility index (Phi) is 5.21. The van der Waals surface area contributed by atoms with Gasteiger partial charge in [0, 0.05) is 25.2 Å². The van der Waals surface area contributed by atoms with Crippen LogP contribution in [-0.4, -0.2) is 63.7 Å². The molecule has 6 heteroatoms. The summed E-state index contributed by atoms with van der Waals surface area (Å²) in [5.41, 5.74) is 2.97. The molecule has 0 unspecified atom stereocenters. The molecule has 3 aromatic rings. The summed E-state index contributed by atoms with van der Waals surface area (Å²) in [5.74, 6) is 0.838. The van der Waals surface area contributed by atoms with Crippen molar-refractivity contribution in [2.75, 3.05) is 33.2 Å². The van der Waals surface area contributed by atoms with Gasteiger partial charge in [0.25, 0.3) is 5.91 Å². The number of aryl methyl sites for hydroxylation is 1. The van der Waals surface area contributed by atoms with E-state index in [0.717, 1.165) is 42.9 Å². The topological polar surface area (TPSA) is 54.3 Å². The van der Waals surface area contributed by atoms with Crippen LogP contribution >= 0.6 is 0 Å². The van der Waals surface area contributed by atoms with Crippen LogP contribution in [0.5, 0.6) is 0 Å². The summed E-state index contributed by atoms with van der Waals surface area (Å²) >= 11 is 0. The third-order valence-corrected chi connectivity index (χ3v) is 5.08. The first-order valence-electron chi connectivity index (χ1n) is 9.69. The Bertz CT molecular complexity index is 966. The second-order valence-electron chi connectivity index (χ2n) is 7.32. The number of likely N-dealkylation sites (N-methyl/N-ethyl adjacent to an activating group) is 1. The highest BCUT2D eigenvalue weighted by atomic mass is 16.2. The predicted octanol–water partition coefficient (Wildman–Crippen LogP) is 3.02. The maximum Gasteiger partial charge on any atom is 0.293 e. The van der Waals surface area contributed by atoms with E-state index in [4.69, 9.17) is 0 Å². The number of carbonyl (C=O) groups is 1. The second kappa shape index (κ2) is 7.94. The van der Waals surface area contributed by atoms with Crippen LogP contribution in [0.15, 0.2) is 54.6 Å². The van der Waals surface area contributed by atoms with Crippen molar-refractivity contribution in [1.82, 2.24) is 24.6 Å². The Balaban J connectivity index is 1.74. The van der Waals surface area contributed by atoms with Crippen LogP contribution in [0, 0.1) is 6.92 Å². The summed E-state index contributed by atoms with van der Waals surface area (Å²) in [6.45, 7) is 5.36. The van der Waals surface area contributed by atoms with Gasteiger partial charge in [0.2, 0.25) is 5.82 Å². The molecule has 6 nitrogen and oxygen atoms in total. The summed E-state index contributed by atoms with van der Waals surface area (Å²) in [4.78, 5) is 21.9. The van der Waals surface area contributed by atoms with Gasteiger partial charge in [-0.05, 0) is 44.6 Å². The molecule has 0 aliphatic carbocycles. The van der Waals surface area contributed by atoms with E-state index >= 15 is 0 Å². The molecular weight excluding hydrogens is 350 g/mol. The van der Waals surface area contributed by atoms with E-state index in [0.29, 0.717) is 12.4 Å². The van der Waals surface area contributed by atoms with Gasteiger partial charge in [-0.1, -0.05) is 42.5 Å². The summed E-state index contributed by atoms with van der Waals surface area (Å²) in [6, 6.07) is 18.0.